The Morgan fingerprint density at radius 2 is 1.76 bits per heavy atom. The fraction of sp³-hybridized carbons (Fsp3) is 0.667. The van der Waals surface area contributed by atoms with E-state index < -0.39 is 57.4 Å². The van der Waals surface area contributed by atoms with Crippen molar-refractivity contribution in [3.8, 4) is 5.75 Å². The van der Waals surface area contributed by atoms with Gasteiger partial charge in [-0.15, -0.1) is 0 Å². The van der Waals surface area contributed by atoms with Gasteiger partial charge in [-0.1, -0.05) is 32.1 Å². The van der Waals surface area contributed by atoms with Crippen LogP contribution in [0.15, 0.2) is 35.9 Å². The molecule has 10 nitrogen and oxygen atoms in total. The van der Waals surface area contributed by atoms with E-state index in [4.69, 9.17) is 32.6 Å². The minimum Gasteiger partial charge on any atom is -0.497 e. The van der Waals surface area contributed by atoms with Crippen LogP contribution >= 0.6 is 0 Å². The summed E-state index contributed by atoms with van der Waals surface area (Å²) in [5, 5.41) is 0. The molecule has 0 radical (unpaired) electrons. The van der Waals surface area contributed by atoms with E-state index in [1.807, 2.05) is 38.1 Å². The fourth-order valence-corrected chi connectivity index (χ4v) is 6.98. The largest absolute Gasteiger partial charge is 0.497 e. The van der Waals surface area contributed by atoms with Gasteiger partial charge in [0.2, 0.25) is 0 Å². The molecule has 2 fully saturated rings. The zero-order valence-corrected chi connectivity index (χ0v) is 23.8. The lowest BCUT2D eigenvalue weighted by Crippen LogP contribution is -2.71. The molecular formula is C27H38O10S. The van der Waals surface area contributed by atoms with Crippen molar-refractivity contribution in [3.63, 3.8) is 0 Å². The first kappa shape index (κ1) is 29.0. The second kappa shape index (κ2) is 10.9. The van der Waals surface area contributed by atoms with Crippen LogP contribution in [0.4, 0.5) is 0 Å². The van der Waals surface area contributed by atoms with Crippen molar-refractivity contribution in [1.82, 2.24) is 0 Å². The van der Waals surface area contributed by atoms with Crippen LogP contribution in [0.3, 0.4) is 0 Å². The third-order valence-electron chi connectivity index (χ3n) is 8.08. The number of rotatable bonds is 10. The summed E-state index contributed by atoms with van der Waals surface area (Å²) in [5.41, 5.74) is -0.298. The molecule has 2 aliphatic carbocycles. The molecule has 38 heavy (non-hydrogen) atoms. The van der Waals surface area contributed by atoms with E-state index in [9.17, 15) is 13.2 Å². The van der Waals surface area contributed by atoms with E-state index in [0.29, 0.717) is 17.7 Å². The summed E-state index contributed by atoms with van der Waals surface area (Å²) < 4.78 is 65.7. The third kappa shape index (κ3) is 5.12. The van der Waals surface area contributed by atoms with Gasteiger partial charge in [0.25, 0.3) is 10.1 Å². The maximum absolute atomic E-state index is 13.6. The van der Waals surface area contributed by atoms with Crippen molar-refractivity contribution in [3.05, 3.63) is 41.5 Å². The average molecular weight is 555 g/mol. The fourth-order valence-electron chi connectivity index (χ4n) is 6.35. The number of carbonyl (C=O) groups excluding carboxylic acids is 1. The summed E-state index contributed by atoms with van der Waals surface area (Å²) in [6, 6.07) is 7.36. The van der Waals surface area contributed by atoms with Crippen LogP contribution < -0.4 is 4.74 Å². The van der Waals surface area contributed by atoms with Crippen LogP contribution in [0, 0.1) is 17.3 Å². The first-order chi connectivity index (χ1) is 17.9. The van der Waals surface area contributed by atoms with Crippen molar-refractivity contribution >= 4 is 16.1 Å². The molecule has 1 aromatic carbocycles. The SMILES string of the molecule is COCO[C@H]1[C@@H]2C(=O)O[C@]3([C@H](OCc4ccc(OC)cc4)[C@@H](OS(C)(=O)=O)/C(C)=C/[C@@H]1OC)[C@H]2CC3(C)C. The monoisotopic (exact) mass is 554 g/mol. The number of carbonyl (C=O) groups is 1. The first-order valence-corrected chi connectivity index (χ1v) is 14.4. The molecule has 2 bridgehead atoms. The van der Waals surface area contributed by atoms with E-state index in [-0.39, 0.29) is 19.3 Å². The Hall–Kier alpha value is -2.02. The van der Waals surface area contributed by atoms with E-state index in [1.54, 1.807) is 20.1 Å². The Morgan fingerprint density at radius 3 is 2.32 bits per heavy atom. The van der Waals surface area contributed by atoms with Gasteiger partial charge in [-0.05, 0) is 36.6 Å². The number of methoxy groups -OCH3 is 3. The smallest absolute Gasteiger partial charge is 0.312 e. The highest BCUT2D eigenvalue weighted by molar-refractivity contribution is 7.86. The molecule has 0 aromatic heterocycles. The van der Waals surface area contributed by atoms with Crippen LogP contribution in [0.1, 0.15) is 32.8 Å². The van der Waals surface area contributed by atoms with Gasteiger partial charge in [-0.25, -0.2) is 0 Å². The van der Waals surface area contributed by atoms with Gasteiger partial charge >= 0.3 is 5.97 Å². The summed E-state index contributed by atoms with van der Waals surface area (Å²) in [6.45, 7) is 5.84. The Bertz CT molecular complexity index is 1140. The van der Waals surface area contributed by atoms with Gasteiger partial charge in [-0.3, -0.25) is 8.98 Å². The van der Waals surface area contributed by atoms with Gasteiger partial charge < -0.3 is 28.4 Å². The quantitative estimate of drug-likeness (QED) is 0.185. The minimum absolute atomic E-state index is 0.0506. The second-order valence-corrected chi connectivity index (χ2v) is 12.5. The molecule has 0 N–H and O–H groups in total. The first-order valence-electron chi connectivity index (χ1n) is 12.6. The molecule has 0 spiro atoms. The molecule has 11 heteroatoms. The highest BCUT2D eigenvalue weighted by atomic mass is 32.2. The van der Waals surface area contributed by atoms with Crippen molar-refractivity contribution in [1.29, 1.82) is 0 Å². The molecule has 3 aliphatic rings. The lowest BCUT2D eigenvalue weighted by atomic mass is 9.47. The van der Waals surface area contributed by atoms with Crippen LogP contribution in [0.5, 0.6) is 5.75 Å². The standard InChI is InChI=1S/C27H38O10S/c1-16-12-20(33-6)23(35-15-31-4)21-19-13-26(2,3)27(19,36-25(21)28)24(22(16)37-38(7,29)30)34-14-17-8-10-18(32-5)11-9-17/h8-12,19-24H,13-15H2,1-7H3/b16-12+/t19-,20-,21+,22-,23+,24+,27-/m0/s1. The van der Waals surface area contributed by atoms with Crippen molar-refractivity contribution in [2.75, 3.05) is 34.4 Å². The van der Waals surface area contributed by atoms with E-state index >= 15 is 0 Å². The Morgan fingerprint density at radius 1 is 1.08 bits per heavy atom. The highest BCUT2D eigenvalue weighted by Crippen LogP contribution is 2.67. The molecule has 4 rings (SSSR count). The van der Waals surface area contributed by atoms with Crippen LogP contribution in [-0.4, -0.2) is 78.8 Å². The molecule has 1 heterocycles. The summed E-state index contributed by atoms with van der Waals surface area (Å²) in [5.74, 6) is -0.730. The third-order valence-corrected chi connectivity index (χ3v) is 8.64. The molecule has 0 unspecified atom stereocenters. The normalized spacial score (nSPS) is 35.6. The summed E-state index contributed by atoms with van der Waals surface area (Å²) in [7, 11) is 0.668. The average Bonchev–Trinajstić information content (AvgIpc) is 3.11. The molecule has 1 saturated heterocycles. The second-order valence-electron chi connectivity index (χ2n) is 10.9. The van der Waals surface area contributed by atoms with Crippen molar-refractivity contribution in [2.45, 2.75) is 63.8 Å². The molecule has 7 atom stereocenters. The summed E-state index contributed by atoms with van der Waals surface area (Å²) >= 11 is 0. The Kier molecular flexibility index (Phi) is 8.28. The van der Waals surface area contributed by atoms with Gasteiger partial charge in [0.1, 0.15) is 42.6 Å². The van der Waals surface area contributed by atoms with Gasteiger partial charge in [0.05, 0.1) is 25.9 Å². The number of benzene rings is 1. The van der Waals surface area contributed by atoms with E-state index in [0.717, 1.165) is 11.8 Å². The topological polar surface area (TPSA) is 116 Å². The molecular weight excluding hydrogens is 516 g/mol. The number of hydrogen-bond donors (Lipinski definition) is 0. The lowest BCUT2D eigenvalue weighted by Gasteiger charge is -2.61. The Balaban J connectivity index is 1.84. The van der Waals surface area contributed by atoms with Gasteiger partial charge in [-0.2, -0.15) is 8.42 Å². The molecule has 1 aliphatic heterocycles. The summed E-state index contributed by atoms with van der Waals surface area (Å²) in [6.07, 6.45) is -0.0297. The maximum atomic E-state index is 13.6. The zero-order chi connectivity index (χ0) is 27.9. The minimum atomic E-state index is -3.93. The highest BCUT2D eigenvalue weighted by Gasteiger charge is 2.77. The van der Waals surface area contributed by atoms with Crippen LogP contribution in [-0.2, 0) is 49.4 Å². The van der Waals surface area contributed by atoms with Crippen LogP contribution in [0.25, 0.3) is 0 Å². The maximum Gasteiger partial charge on any atom is 0.312 e. The van der Waals surface area contributed by atoms with Crippen LogP contribution in [0.2, 0.25) is 0 Å². The molecule has 0 amide bonds. The predicted octanol–water partition coefficient (Wildman–Crippen LogP) is 2.85. The Labute approximate surface area is 224 Å². The van der Waals surface area contributed by atoms with Gasteiger partial charge in [0, 0.05) is 25.6 Å². The van der Waals surface area contributed by atoms with Crippen molar-refractivity contribution < 1.29 is 45.8 Å². The van der Waals surface area contributed by atoms with Crippen molar-refractivity contribution in [2.24, 2.45) is 17.3 Å². The number of esters is 1. The predicted molar refractivity (Wildman–Crippen MR) is 137 cm³/mol. The number of hydrogen-bond acceptors (Lipinski definition) is 10. The van der Waals surface area contributed by atoms with E-state index in [2.05, 4.69) is 0 Å². The zero-order valence-electron chi connectivity index (χ0n) is 23.0. The van der Waals surface area contributed by atoms with Gasteiger partial charge in [0.15, 0.2) is 0 Å². The lowest BCUT2D eigenvalue weighted by molar-refractivity contribution is -0.266. The molecule has 1 saturated carbocycles. The molecule has 1 aromatic rings. The summed E-state index contributed by atoms with van der Waals surface area (Å²) in [4.78, 5) is 13.6. The van der Waals surface area contributed by atoms with E-state index in [1.165, 1.54) is 14.2 Å². The molecule has 212 valence electrons. The number of ether oxygens (including phenoxy) is 6.